The van der Waals surface area contributed by atoms with E-state index < -0.39 is 39.1 Å². The first-order chi connectivity index (χ1) is 13.7. The maximum atomic E-state index is 13.8. The van der Waals surface area contributed by atoms with E-state index in [1.807, 2.05) is 0 Å². The first-order valence-electron chi connectivity index (χ1n) is 8.01. The van der Waals surface area contributed by atoms with E-state index in [1.165, 1.54) is 48.5 Å². The number of amides is 1. The molecule has 0 spiro atoms. The predicted molar refractivity (Wildman–Crippen MR) is 103 cm³/mol. The van der Waals surface area contributed by atoms with Crippen molar-refractivity contribution in [3.8, 4) is 0 Å². The van der Waals surface area contributed by atoms with Gasteiger partial charge in [-0.3, -0.25) is 9.52 Å². The Balaban J connectivity index is 1.90. The number of halogens is 4. The fraction of sp³-hybridized carbons (Fsp3) is 0. The van der Waals surface area contributed by atoms with Crippen LogP contribution >= 0.6 is 11.6 Å². The quantitative estimate of drug-likeness (QED) is 0.559. The van der Waals surface area contributed by atoms with Gasteiger partial charge in [-0.25, -0.2) is 21.6 Å². The lowest BCUT2D eigenvalue weighted by atomic mass is 10.1. The zero-order valence-corrected chi connectivity index (χ0v) is 16.0. The summed E-state index contributed by atoms with van der Waals surface area (Å²) in [5, 5.41) is 2.44. The summed E-state index contributed by atoms with van der Waals surface area (Å²) in [6.07, 6.45) is 0. The first-order valence-corrected chi connectivity index (χ1v) is 9.87. The molecule has 5 nitrogen and oxygen atoms in total. The van der Waals surface area contributed by atoms with Crippen molar-refractivity contribution in [3.05, 3.63) is 88.7 Å². The zero-order chi connectivity index (χ0) is 21.2. The minimum atomic E-state index is -4.05. The second-order valence-electron chi connectivity index (χ2n) is 5.81. The van der Waals surface area contributed by atoms with Gasteiger partial charge in [-0.1, -0.05) is 23.7 Å². The Kier molecular flexibility index (Phi) is 5.81. The molecule has 0 bridgehead atoms. The maximum absolute atomic E-state index is 13.8. The van der Waals surface area contributed by atoms with Crippen LogP contribution in [-0.4, -0.2) is 14.3 Å². The Morgan fingerprint density at radius 3 is 2.14 bits per heavy atom. The number of anilines is 2. The molecule has 0 unspecified atom stereocenters. The van der Waals surface area contributed by atoms with Crippen molar-refractivity contribution in [1.29, 1.82) is 0 Å². The zero-order valence-electron chi connectivity index (χ0n) is 14.4. The first kappa shape index (κ1) is 20.7. The summed E-state index contributed by atoms with van der Waals surface area (Å²) in [7, 11) is -4.05. The minimum Gasteiger partial charge on any atom is -0.319 e. The number of rotatable bonds is 5. The summed E-state index contributed by atoms with van der Waals surface area (Å²) in [4.78, 5) is 12.4. The molecule has 0 aliphatic heterocycles. The molecule has 0 saturated heterocycles. The molecule has 3 aromatic carbocycles. The summed E-state index contributed by atoms with van der Waals surface area (Å²) in [5.41, 5.74) is -0.846. The lowest BCUT2D eigenvalue weighted by molar-refractivity contribution is 0.102. The Hall–Kier alpha value is -3.04. The van der Waals surface area contributed by atoms with E-state index in [2.05, 4.69) is 10.0 Å². The Morgan fingerprint density at radius 2 is 1.45 bits per heavy atom. The normalized spacial score (nSPS) is 11.2. The topological polar surface area (TPSA) is 75.3 Å². The van der Waals surface area contributed by atoms with Gasteiger partial charge in [0.2, 0.25) is 0 Å². The molecule has 0 aromatic heterocycles. The number of nitrogens with one attached hydrogen (secondary N) is 2. The number of hydrogen-bond donors (Lipinski definition) is 2. The van der Waals surface area contributed by atoms with Crippen LogP contribution in [0.4, 0.5) is 24.5 Å². The van der Waals surface area contributed by atoms with Crippen LogP contribution in [0.25, 0.3) is 0 Å². The molecule has 29 heavy (non-hydrogen) atoms. The second-order valence-corrected chi connectivity index (χ2v) is 7.92. The average molecular weight is 441 g/mol. The molecule has 3 rings (SSSR count). The molecular weight excluding hydrogens is 429 g/mol. The van der Waals surface area contributed by atoms with Crippen LogP contribution in [0.15, 0.2) is 65.6 Å². The maximum Gasteiger partial charge on any atom is 0.261 e. The van der Waals surface area contributed by atoms with Gasteiger partial charge in [0.05, 0.1) is 21.8 Å². The molecule has 1 amide bonds. The highest BCUT2D eigenvalue weighted by atomic mass is 35.5. The fourth-order valence-electron chi connectivity index (χ4n) is 2.40. The highest BCUT2D eigenvalue weighted by Gasteiger charge is 2.20. The van der Waals surface area contributed by atoms with Crippen molar-refractivity contribution in [2.75, 3.05) is 10.0 Å². The Bertz CT molecular complexity index is 1190. The van der Waals surface area contributed by atoms with Gasteiger partial charge in [0.25, 0.3) is 15.9 Å². The molecule has 0 heterocycles. The largest absolute Gasteiger partial charge is 0.319 e. The van der Waals surface area contributed by atoms with Crippen molar-refractivity contribution < 1.29 is 26.4 Å². The van der Waals surface area contributed by atoms with Crippen LogP contribution in [-0.2, 0) is 10.0 Å². The van der Waals surface area contributed by atoms with Crippen LogP contribution in [0.3, 0.4) is 0 Å². The van der Waals surface area contributed by atoms with Gasteiger partial charge in [0, 0.05) is 17.2 Å². The van der Waals surface area contributed by atoms with Gasteiger partial charge in [-0.05, 0) is 36.4 Å². The molecule has 0 saturated carbocycles. The number of carbonyl (C=O) groups is 1. The lowest BCUT2D eigenvalue weighted by Crippen LogP contribution is -2.19. The van der Waals surface area contributed by atoms with Gasteiger partial charge in [0.15, 0.2) is 11.6 Å². The van der Waals surface area contributed by atoms with E-state index in [9.17, 15) is 26.4 Å². The molecule has 3 aromatic rings. The smallest absolute Gasteiger partial charge is 0.261 e. The summed E-state index contributed by atoms with van der Waals surface area (Å²) >= 11 is 5.75. The Labute approximate surface area is 169 Å². The van der Waals surface area contributed by atoms with E-state index in [0.717, 1.165) is 0 Å². The summed E-state index contributed by atoms with van der Waals surface area (Å²) < 4.78 is 67.5. The number of sulfonamides is 1. The summed E-state index contributed by atoms with van der Waals surface area (Å²) in [6.45, 7) is 0. The SMILES string of the molecule is O=C(Nc1cc(F)c(F)cc1F)c1ccccc1NS(=O)(=O)c1ccc(Cl)cc1. The highest BCUT2D eigenvalue weighted by molar-refractivity contribution is 7.92. The van der Waals surface area contributed by atoms with Gasteiger partial charge < -0.3 is 5.32 Å². The number of hydrogen-bond acceptors (Lipinski definition) is 3. The molecule has 10 heteroatoms. The van der Waals surface area contributed by atoms with Gasteiger partial charge in [-0.15, -0.1) is 0 Å². The van der Waals surface area contributed by atoms with Crippen LogP contribution in [0.2, 0.25) is 5.02 Å². The van der Waals surface area contributed by atoms with Crippen molar-refractivity contribution in [3.63, 3.8) is 0 Å². The van der Waals surface area contributed by atoms with E-state index in [1.54, 1.807) is 0 Å². The molecule has 2 N–H and O–H groups in total. The van der Waals surface area contributed by atoms with Crippen LogP contribution in [0, 0.1) is 17.5 Å². The van der Waals surface area contributed by atoms with Crippen molar-refractivity contribution >= 4 is 38.9 Å². The molecule has 150 valence electrons. The Morgan fingerprint density at radius 1 is 0.828 bits per heavy atom. The standard InChI is InChI=1S/C19H12ClF3N2O3S/c20-11-5-7-12(8-6-11)29(27,28)25-17-4-2-1-3-13(17)19(26)24-18-10-15(22)14(21)9-16(18)23/h1-10,25H,(H,24,26). The van der Waals surface area contributed by atoms with Gasteiger partial charge in [0.1, 0.15) is 5.82 Å². The van der Waals surface area contributed by atoms with E-state index >= 15 is 0 Å². The molecule has 0 radical (unpaired) electrons. The van der Waals surface area contributed by atoms with Crippen molar-refractivity contribution in [2.45, 2.75) is 4.90 Å². The molecule has 0 atom stereocenters. The van der Waals surface area contributed by atoms with Crippen LogP contribution in [0.5, 0.6) is 0 Å². The highest BCUT2D eigenvalue weighted by Crippen LogP contribution is 2.24. The van der Waals surface area contributed by atoms with Crippen LogP contribution < -0.4 is 10.0 Å². The average Bonchev–Trinajstić information content (AvgIpc) is 2.66. The van der Waals surface area contributed by atoms with E-state index in [4.69, 9.17) is 11.6 Å². The third-order valence-corrected chi connectivity index (χ3v) is 5.43. The molecule has 0 fully saturated rings. The van der Waals surface area contributed by atoms with E-state index in [-0.39, 0.29) is 16.1 Å². The summed E-state index contributed by atoms with van der Waals surface area (Å²) in [6, 6.07) is 11.7. The molecular formula is C19H12ClF3N2O3S. The summed E-state index contributed by atoms with van der Waals surface area (Å²) in [5.74, 6) is -4.86. The van der Waals surface area contributed by atoms with E-state index in [0.29, 0.717) is 17.2 Å². The number of benzene rings is 3. The molecule has 0 aliphatic rings. The van der Waals surface area contributed by atoms with Crippen molar-refractivity contribution in [1.82, 2.24) is 0 Å². The predicted octanol–water partition coefficient (Wildman–Crippen LogP) is 4.81. The van der Waals surface area contributed by atoms with Crippen molar-refractivity contribution in [2.24, 2.45) is 0 Å². The third kappa shape index (κ3) is 4.69. The lowest BCUT2D eigenvalue weighted by Gasteiger charge is -2.13. The number of carbonyl (C=O) groups excluding carboxylic acids is 1. The monoisotopic (exact) mass is 440 g/mol. The van der Waals surface area contributed by atoms with Crippen LogP contribution in [0.1, 0.15) is 10.4 Å². The number of para-hydroxylation sites is 1. The molecule has 0 aliphatic carbocycles. The fourth-order valence-corrected chi connectivity index (χ4v) is 3.60. The second kappa shape index (κ2) is 8.14. The third-order valence-electron chi connectivity index (χ3n) is 3.80. The minimum absolute atomic E-state index is 0.0937. The van der Waals surface area contributed by atoms with Gasteiger partial charge >= 0.3 is 0 Å². The van der Waals surface area contributed by atoms with Gasteiger partial charge in [-0.2, -0.15) is 0 Å².